The maximum atomic E-state index is 13.7. The molecule has 1 N–H and O–H groups in total. The molecule has 1 aliphatic rings. The van der Waals surface area contributed by atoms with E-state index in [0.29, 0.717) is 5.56 Å². The highest BCUT2D eigenvalue weighted by Gasteiger charge is 2.31. The molecule has 2 aromatic carbocycles. The predicted molar refractivity (Wildman–Crippen MR) is 148 cm³/mol. The van der Waals surface area contributed by atoms with Gasteiger partial charge in [-0.2, -0.15) is 0 Å². The number of carbonyl (C=O) groups excluding carboxylic acids is 3. The molecule has 0 unspecified atom stereocenters. The summed E-state index contributed by atoms with van der Waals surface area (Å²) >= 11 is 3.40. The summed E-state index contributed by atoms with van der Waals surface area (Å²) in [6.45, 7) is 2.69. The van der Waals surface area contributed by atoms with Crippen LogP contribution >= 0.6 is 15.9 Å². The van der Waals surface area contributed by atoms with Gasteiger partial charge in [0.2, 0.25) is 21.8 Å². The number of rotatable bonds is 10. The number of nitrogens with one attached hydrogen (secondary N) is 1. The topological polar surface area (TPSA) is 104 Å². The highest BCUT2D eigenvalue weighted by Crippen LogP contribution is 2.22. The number of carbonyl (C=O) groups is 3. The number of anilines is 1. The van der Waals surface area contributed by atoms with E-state index in [1.54, 1.807) is 25.1 Å². The fourth-order valence-corrected chi connectivity index (χ4v) is 5.54. The second-order valence-corrected chi connectivity index (χ2v) is 12.4. The molecule has 0 saturated heterocycles. The van der Waals surface area contributed by atoms with E-state index in [2.05, 4.69) is 21.2 Å². The van der Waals surface area contributed by atoms with Crippen molar-refractivity contribution in [2.45, 2.75) is 64.6 Å². The Kier molecular flexibility index (Phi) is 9.89. The fraction of sp³-hybridized carbons (Fsp3) is 0.444. The van der Waals surface area contributed by atoms with Crippen molar-refractivity contribution >= 4 is 49.2 Å². The van der Waals surface area contributed by atoms with Gasteiger partial charge in [-0.1, -0.05) is 59.5 Å². The molecule has 0 bridgehead atoms. The minimum absolute atomic E-state index is 0.0789. The van der Waals surface area contributed by atoms with Crippen LogP contribution in [0.25, 0.3) is 0 Å². The van der Waals surface area contributed by atoms with E-state index >= 15 is 0 Å². The van der Waals surface area contributed by atoms with E-state index in [-0.39, 0.29) is 30.0 Å². The molecule has 2 aromatic rings. The summed E-state index contributed by atoms with van der Waals surface area (Å²) in [5.41, 5.74) is 1.36. The normalized spacial score (nSPS) is 15.0. The van der Waals surface area contributed by atoms with Gasteiger partial charge in [0.15, 0.2) is 5.78 Å². The van der Waals surface area contributed by atoms with Crippen molar-refractivity contribution < 1.29 is 22.8 Å². The standard InChI is InChI=1S/C27H34BrN3O5S/c1-19(27(34)29-24-9-5-4-6-10-24)30(17-21-12-14-23(28)15-13-21)26(33)18-31(37(3,35)36)25-11-7-8-22(16-25)20(2)32/h7-8,11-16,19,24H,4-6,9-10,17-18H2,1-3H3,(H,29,34)/t19-/m1/s1. The van der Waals surface area contributed by atoms with Crippen molar-refractivity contribution in [3.63, 3.8) is 0 Å². The van der Waals surface area contributed by atoms with Gasteiger partial charge in [0.05, 0.1) is 11.9 Å². The van der Waals surface area contributed by atoms with Gasteiger partial charge in [-0.3, -0.25) is 18.7 Å². The Morgan fingerprint density at radius 1 is 1.05 bits per heavy atom. The van der Waals surface area contributed by atoms with Crippen molar-refractivity contribution in [2.24, 2.45) is 0 Å². The molecule has 1 atom stereocenters. The van der Waals surface area contributed by atoms with Gasteiger partial charge in [-0.05, 0) is 56.5 Å². The Bertz CT molecular complexity index is 1230. The summed E-state index contributed by atoms with van der Waals surface area (Å²) in [6, 6.07) is 12.8. The molecular weight excluding hydrogens is 558 g/mol. The third-order valence-electron chi connectivity index (χ3n) is 6.60. The van der Waals surface area contributed by atoms with Gasteiger partial charge in [0, 0.05) is 22.6 Å². The summed E-state index contributed by atoms with van der Waals surface area (Å²) in [7, 11) is -3.87. The first-order chi connectivity index (χ1) is 17.5. The van der Waals surface area contributed by atoms with E-state index in [1.165, 1.54) is 17.9 Å². The summed E-state index contributed by atoms with van der Waals surface area (Å²) in [5.74, 6) is -0.999. The number of benzene rings is 2. The van der Waals surface area contributed by atoms with Crippen LogP contribution in [0.3, 0.4) is 0 Å². The van der Waals surface area contributed by atoms with Crippen LogP contribution in [0.4, 0.5) is 5.69 Å². The van der Waals surface area contributed by atoms with Gasteiger partial charge in [-0.25, -0.2) is 8.42 Å². The van der Waals surface area contributed by atoms with Crippen molar-refractivity contribution in [3.8, 4) is 0 Å². The lowest BCUT2D eigenvalue weighted by Crippen LogP contribution is -2.53. The fourth-order valence-electron chi connectivity index (χ4n) is 4.43. The maximum absolute atomic E-state index is 13.7. The van der Waals surface area contributed by atoms with E-state index < -0.39 is 28.5 Å². The van der Waals surface area contributed by atoms with Gasteiger partial charge in [-0.15, -0.1) is 0 Å². The molecule has 0 aliphatic heterocycles. The third-order valence-corrected chi connectivity index (χ3v) is 8.27. The van der Waals surface area contributed by atoms with Crippen LogP contribution in [0, 0.1) is 0 Å². The molecule has 0 heterocycles. The zero-order chi connectivity index (χ0) is 27.2. The molecule has 1 fully saturated rings. The molecule has 3 rings (SSSR count). The van der Waals surface area contributed by atoms with Crippen LogP contribution in [0.5, 0.6) is 0 Å². The minimum atomic E-state index is -3.87. The SMILES string of the molecule is CC(=O)c1cccc(N(CC(=O)N(Cc2ccc(Br)cc2)[C@H](C)C(=O)NC2CCCCC2)S(C)(=O)=O)c1. The zero-order valence-corrected chi connectivity index (χ0v) is 23.8. The summed E-state index contributed by atoms with van der Waals surface area (Å²) in [6.07, 6.45) is 6.11. The van der Waals surface area contributed by atoms with Crippen LogP contribution < -0.4 is 9.62 Å². The highest BCUT2D eigenvalue weighted by atomic mass is 79.9. The molecule has 0 radical (unpaired) electrons. The Labute approximate surface area is 227 Å². The number of ketones is 1. The smallest absolute Gasteiger partial charge is 0.244 e. The molecular formula is C27H34BrN3O5S. The van der Waals surface area contributed by atoms with Crippen LogP contribution in [0.2, 0.25) is 0 Å². The first-order valence-corrected chi connectivity index (χ1v) is 15.0. The van der Waals surface area contributed by atoms with Crippen LogP contribution in [0.1, 0.15) is 61.9 Å². The molecule has 200 valence electrons. The monoisotopic (exact) mass is 591 g/mol. The molecule has 1 saturated carbocycles. The molecule has 37 heavy (non-hydrogen) atoms. The first kappa shape index (κ1) is 28.8. The lowest BCUT2D eigenvalue weighted by Gasteiger charge is -2.33. The minimum Gasteiger partial charge on any atom is -0.352 e. The number of nitrogens with zero attached hydrogens (tertiary/aromatic N) is 2. The Morgan fingerprint density at radius 3 is 2.30 bits per heavy atom. The Morgan fingerprint density at radius 2 is 1.70 bits per heavy atom. The highest BCUT2D eigenvalue weighted by molar-refractivity contribution is 9.10. The van der Waals surface area contributed by atoms with Gasteiger partial charge < -0.3 is 10.2 Å². The largest absolute Gasteiger partial charge is 0.352 e. The van der Waals surface area contributed by atoms with E-state index in [1.807, 2.05) is 24.3 Å². The van der Waals surface area contributed by atoms with Crippen LogP contribution in [-0.4, -0.2) is 55.8 Å². The summed E-state index contributed by atoms with van der Waals surface area (Å²) in [4.78, 5) is 40.1. The second-order valence-electron chi connectivity index (χ2n) is 9.54. The number of hydrogen-bond donors (Lipinski definition) is 1. The van der Waals surface area contributed by atoms with Gasteiger partial charge in [0.1, 0.15) is 12.6 Å². The lowest BCUT2D eigenvalue weighted by molar-refractivity contribution is -0.139. The first-order valence-electron chi connectivity index (χ1n) is 12.4. The van der Waals surface area contributed by atoms with Gasteiger partial charge >= 0.3 is 0 Å². The van der Waals surface area contributed by atoms with Gasteiger partial charge in [0.25, 0.3) is 0 Å². The molecule has 10 heteroatoms. The van der Waals surface area contributed by atoms with Crippen molar-refractivity contribution in [3.05, 3.63) is 64.1 Å². The van der Waals surface area contributed by atoms with E-state index in [0.717, 1.165) is 52.7 Å². The Hall–Kier alpha value is -2.72. The average Bonchev–Trinajstić information content (AvgIpc) is 2.86. The Balaban J connectivity index is 1.89. The third kappa shape index (κ3) is 8.13. The maximum Gasteiger partial charge on any atom is 0.244 e. The number of halogens is 1. The number of amides is 2. The summed E-state index contributed by atoms with van der Waals surface area (Å²) < 4.78 is 27.3. The van der Waals surface area contributed by atoms with Crippen molar-refractivity contribution in [2.75, 3.05) is 17.1 Å². The van der Waals surface area contributed by atoms with E-state index in [9.17, 15) is 22.8 Å². The van der Waals surface area contributed by atoms with E-state index in [4.69, 9.17) is 0 Å². The molecule has 0 spiro atoms. The van der Waals surface area contributed by atoms with Crippen LogP contribution in [-0.2, 0) is 26.2 Å². The molecule has 8 nitrogen and oxygen atoms in total. The number of Topliss-reactive ketones (excluding diaryl/α,β-unsaturated/α-hetero) is 1. The predicted octanol–water partition coefficient (Wildman–Crippen LogP) is 4.28. The number of sulfonamides is 1. The average molecular weight is 593 g/mol. The van der Waals surface area contributed by atoms with Crippen LogP contribution in [0.15, 0.2) is 53.0 Å². The molecule has 0 aromatic heterocycles. The second kappa shape index (κ2) is 12.7. The molecule has 1 aliphatic carbocycles. The quantitative estimate of drug-likeness (QED) is 0.415. The van der Waals surface area contributed by atoms with Crippen molar-refractivity contribution in [1.82, 2.24) is 10.2 Å². The zero-order valence-electron chi connectivity index (χ0n) is 21.4. The molecule has 2 amide bonds. The number of hydrogen-bond acceptors (Lipinski definition) is 5. The van der Waals surface area contributed by atoms with Crippen molar-refractivity contribution in [1.29, 1.82) is 0 Å². The lowest BCUT2D eigenvalue weighted by atomic mass is 9.95. The summed E-state index contributed by atoms with van der Waals surface area (Å²) in [5, 5.41) is 3.07.